The molecule has 80 valence electrons. The summed E-state index contributed by atoms with van der Waals surface area (Å²) in [6, 6.07) is 1.01. The lowest BCUT2D eigenvalue weighted by atomic mass is 10.2. The number of ketones is 1. The van der Waals surface area contributed by atoms with Crippen molar-refractivity contribution in [2.45, 2.75) is 31.7 Å². The average molecular weight is 213 g/mol. The van der Waals surface area contributed by atoms with Gasteiger partial charge in [-0.3, -0.25) is 4.79 Å². The molecule has 1 atom stereocenters. The van der Waals surface area contributed by atoms with Crippen LogP contribution in [0, 0.1) is 0 Å². The number of nitrogens with one attached hydrogen (secondary N) is 1. The molecule has 0 bridgehead atoms. The van der Waals surface area contributed by atoms with Crippen molar-refractivity contribution < 1.29 is 9.53 Å². The molecule has 1 N–H and O–H groups in total. The van der Waals surface area contributed by atoms with Crippen LogP contribution in [-0.2, 0) is 9.53 Å². The Balaban J connectivity index is 2.08. The van der Waals surface area contributed by atoms with E-state index in [2.05, 4.69) is 25.0 Å². The number of ether oxygens (including phenoxy) is 1. The summed E-state index contributed by atoms with van der Waals surface area (Å²) in [5, 5.41) is 2.96. The van der Waals surface area contributed by atoms with E-state index in [1.807, 2.05) is 0 Å². The second kappa shape index (κ2) is 4.75. The second-order valence-electron chi connectivity index (χ2n) is 4.84. The summed E-state index contributed by atoms with van der Waals surface area (Å²) < 4.78 is 5.48. The van der Waals surface area contributed by atoms with Gasteiger partial charge in [0.2, 0.25) is 0 Å². The Morgan fingerprint density at radius 1 is 1.50 bits per heavy atom. The summed E-state index contributed by atoms with van der Waals surface area (Å²) >= 11 is 0. The SMILES string of the molecule is C[Si](C)(C)CCOCC1NC=CC1=O. The smallest absolute Gasteiger partial charge is 0.181 e. The number of rotatable bonds is 5. The Morgan fingerprint density at radius 3 is 2.71 bits per heavy atom. The first kappa shape index (κ1) is 11.5. The third-order valence-corrected chi connectivity index (χ3v) is 3.87. The molecule has 0 aliphatic carbocycles. The summed E-state index contributed by atoms with van der Waals surface area (Å²) in [5.74, 6) is 0.123. The van der Waals surface area contributed by atoms with E-state index in [0.717, 1.165) is 12.7 Å². The van der Waals surface area contributed by atoms with Gasteiger partial charge >= 0.3 is 0 Å². The molecule has 0 aromatic rings. The third-order valence-electron chi connectivity index (χ3n) is 2.17. The molecule has 1 aliphatic rings. The van der Waals surface area contributed by atoms with Gasteiger partial charge in [0, 0.05) is 20.9 Å². The third kappa shape index (κ3) is 4.06. The molecular formula is C10H19NO2Si. The lowest BCUT2D eigenvalue weighted by Gasteiger charge is -2.16. The number of carbonyl (C=O) groups excluding carboxylic acids is 1. The van der Waals surface area contributed by atoms with Gasteiger partial charge in [-0.25, -0.2) is 0 Å². The van der Waals surface area contributed by atoms with Gasteiger partial charge in [-0.1, -0.05) is 19.6 Å². The molecule has 14 heavy (non-hydrogen) atoms. The first-order valence-electron chi connectivity index (χ1n) is 5.03. The highest BCUT2D eigenvalue weighted by Gasteiger charge is 2.19. The monoisotopic (exact) mass is 213 g/mol. The Kier molecular flexibility index (Phi) is 3.89. The van der Waals surface area contributed by atoms with E-state index in [4.69, 9.17) is 4.74 Å². The van der Waals surface area contributed by atoms with Crippen LogP contribution in [0.25, 0.3) is 0 Å². The van der Waals surface area contributed by atoms with Crippen LogP contribution >= 0.6 is 0 Å². The van der Waals surface area contributed by atoms with Crippen molar-refractivity contribution in [3.05, 3.63) is 12.3 Å². The Morgan fingerprint density at radius 2 is 2.21 bits per heavy atom. The Hall–Kier alpha value is -0.613. The fourth-order valence-electron chi connectivity index (χ4n) is 1.15. The first-order valence-corrected chi connectivity index (χ1v) is 8.74. The minimum atomic E-state index is -0.997. The van der Waals surface area contributed by atoms with E-state index >= 15 is 0 Å². The van der Waals surface area contributed by atoms with Crippen LogP contribution in [0.15, 0.2) is 12.3 Å². The largest absolute Gasteiger partial charge is 0.379 e. The Bertz CT molecular complexity index is 233. The number of hydrogen-bond donors (Lipinski definition) is 1. The maximum atomic E-state index is 11.1. The van der Waals surface area contributed by atoms with Crippen molar-refractivity contribution in [3.8, 4) is 0 Å². The highest BCUT2D eigenvalue weighted by Crippen LogP contribution is 2.08. The summed E-state index contributed by atoms with van der Waals surface area (Å²) in [6.45, 7) is 8.22. The summed E-state index contributed by atoms with van der Waals surface area (Å²) in [5.41, 5.74) is 0. The van der Waals surface area contributed by atoms with Gasteiger partial charge in [-0.05, 0) is 12.1 Å². The molecule has 3 nitrogen and oxygen atoms in total. The van der Waals surface area contributed by atoms with Crippen LogP contribution in [0.2, 0.25) is 25.7 Å². The molecule has 0 spiro atoms. The van der Waals surface area contributed by atoms with Crippen LogP contribution < -0.4 is 5.32 Å². The highest BCUT2D eigenvalue weighted by atomic mass is 28.3. The maximum absolute atomic E-state index is 11.1. The van der Waals surface area contributed by atoms with E-state index in [0.29, 0.717) is 6.61 Å². The van der Waals surface area contributed by atoms with Crippen LogP contribution in [-0.4, -0.2) is 33.1 Å². The van der Waals surface area contributed by atoms with Crippen molar-refractivity contribution in [3.63, 3.8) is 0 Å². The Labute approximate surface area is 86.5 Å². The molecule has 0 saturated heterocycles. The minimum absolute atomic E-state index is 0.123. The fourth-order valence-corrected chi connectivity index (χ4v) is 1.91. The molecule has 1 aliphatic heterocycles. The van der Waals surface area contributed by atoms with Gasteiger partial charge in [0.05, 0.1) is 6.61 Å². The molecule has 0 saturated carbocycles. The molecular weight excluding hydrogens is 194 g/mol. The zero-order valence-corrected chi connectivity index (χ0v) is 10.2. The molecule has 0 radical (unpaired) electrons. The lowest BCUT2D eigenvalue weighted by Crippen LogP contribution is -2.33. The highest BCUT2D eigenvalue weighted by molar-refractivity contribution is 6.76. The molecule has 1 rings (SSSR count). The molecule has 0 amide bonds. The molecule has 0 fully saturated rings. The summed E-state index contributed by atoms with van der Waals surface area (Å²) in [4.78, 5) is 11.1. The van der Waals surface area contributed by atoms with E-state index in [1.165, 1.54) is 0 Å². The lowest BCUT2D eigenvalue weighted by molar-refractivity contribution is -0.116. The van der Waals surface area contributed by atoms with Crippen molar-refractivity contribution in [2.75, 3.05) is 13.2 Å². The van der Waals surface area contributed by atoms with E-state index < -0.39 is 8.07 Å². The van der Waals surface area contributed by atoms with E-state index in [1.54, 1.807) is 12.3 Å². The second-order valence-corrected chi connectivity index (χ2v) is 10.5. The molecule has 1 heterocycles. The first-order chi connectivity index (χ1) is 6.49. The van der Waals surface area contributed by atoms with Crippen LogP contribution in [0.4, 0.5) is 0 Å². The standard InChI is InChI=1S/C10H19NO2Si/c1-14(2,3)7-6-13-8-9-10(12)4-5-11-9/h4-5,9,11H,6-8H2,1-3H3. The summed E-state index contributed by atoms with van der Waals surface area (Å²) in [7, 11) is -0.997. The molecule has 1 unspecified atom stereocenters. The van der Waals surface area contributed by atoms with Crippen LogP contribution in [0.1, 0.15) is 0 Å². The molecule has 4 heteroatoms. The van der Waals surface area contributed by atoms with Gasteiger partial charge in [-0.15, -0.1) is 0 Å². The molecule has 0 aromatic heterocycles. The molecule has 0 aromatic carbocycles. The van der Waals surface area contributed by atoms with Crippen LogP contribution in [0.5, 0.6) is 0 Å². The average Bonchev–Trinajstić information content (AvgIpc) is 2.44. The normalized spacial score (nSPS) is 21.4. The van der Waals surface area contributed by atoms with Gasteiger partial charge in [-0.2, -0.15) is 0 Å². The maximum Gasteiger partial charge on any atom is 0.181 e. The topological polar surface area (TPSA) is 38.3 Å². The van der Waals surface area contributed by atoms with Gasteiger partial charge < -0.3 is 10.1 Å². The zero-order valence-electron chi connectivity index (χ0n) is 9.17. The van der Waals surface area contributed by atoms with Gasteiger partial charge in [0.25, 0.3) is 0 Å². The zero-order chi connectivity index (χ0) is 10.6. The predicted octanol–water partition coefficient (Wildman–Crippen LogP) is 1.40. The quantitative estimate of drug-likeness (QED) is 0.554. The van der Waals surface area contributed by atoms with Crippen molar-refractivity contribution in [1.29, 1.82) is 0 Å². The van der Waals surface area contributed by atoms with Crippen molar-refractivity contribution in [1.82, 2.24) is 5.32 Å². The van der Waals surface area contributed by atoms with Crippen molar-refractivity contribution in [2.24, 2.45) is 0 Å². The van der Waals surface area contributed by atoms with Gasteiger partial charge in [0.1, 0.15) is 6.04 Å². The number of carbonyl (C=O) groups is 1. The minimum Gasteiger partial charge on any atom is -0.379 e. The van der Waals surface area contributed by atoms with Crippen molar-refractivity contribution >= 4 is 13.9 Å². The van der Waals surface area contributed by atoms with Gasteiger partial charge in [0.15, 0.2) is 5.78 Å². The van der Waals surface area contributed by atoms with Crippen LogP contribution in [0.3, 0.4) is 0 Å². The predicted molar refractivity (Wildman–Crippen MR) is 60.0 cm³/mol. The number of hydrogen-bond acceptors (Lipinski definition) is 3. The summed E-state index contributed by atoms with van der Waals surface area (Å²) in [6.07, 6.45) is 3.25. The van der Waals surface area contributed by atoms with E-state index in [9.17, 15) is 4.79 Å². The van der Waals surface area contributed by atoms with E-state index in [-0.39, 0.29) is 11.8 Å². The fraction of sp³-hybridized carbons (Fsp3) is 0.700.